The third-order valence-electron chi connectivity index (χ3n) is 5.74. The second-order valence-electron chi connectivity index (χ2n) is 6.61. The monoisotopic (exact) mass is 342 g/mol. The summed E-state index contributed by atoms with van der Waals surface area (Å²) < 4.78 is 6.81. The minimum absolute atomic E-state index is 0.0784. The number of carbonyl (C=O) groups is 1. The van der Waals surface area contributed by atoms with Crippen LogP contribution in [-0.2, 0) is 4.74 Å². The van der Waals surface area contributed by atoms with Gasteiger partial charge >= 0.3 is 5.97 Å². The van der Waals surface area contributed by atoms with Gasteiger partial charge in [-0.05, 0) is 58.7 Å². The molecule has 2 bridgehead atoms. The molecule has 1 aromatic rings. The Kier molecular flexibility index (Phi) is 3.10. The predicted molar refractivity (Wildman–Crippen MR) is 80.5 cm³/mol. The average Bonchev–Trinajstić information content (AvgIpc) is 2.91. The minimum Gasteiger partial charge on any atom is -0.458 e. The molecule has 1 heterocycles. The fourth-order valence-corrected chi connectivity index (χ4v) is 5.19. The lowest BCUT2D eigenvalue weighted by Crippen LogP contribution is -2.38. The molecule has 104 valence electrons. The predicted octanol–water partition coefficient (Wildman–Crippen LogP) is 4.88. The van der Waals surface area contributed by atoms with E-state index in [2.05, 4.69) is 36.7 Å². The lowest BCUT2D eigenvalue weighted by molar-refractivity contribution is -0.0238. The molecule has 0 spiro atoms. The average molecular weight is 343 g/mol. The summed E-state index contributed by atoms with van der Waals surface area (Å²) >= 11 is 4.83. The number of thiophene rings is 1. The Hall–Kier alpha value is -0.350. The van der Waals surface area contributed by atoms with Crippen molar-refractivity contribution < 1.29 is 9.53 Å². The van der Waals surface area contributed by atoms with Gasteiger partial charge in [0.1, 0.15) is 11.0 Å². The largest absolute Gasteiger partial charge is 0.458 e. The van der Waals surface area contributed by atoms with E-state index in [0.717, 1.165) is 10.2 Å². The van der Waals surface area contributed by atoms with E-state index in [1.807, 2.05) is 12.1 Å². The van der Waals surface area contributed by atoms with Crippen LogP contribution in [-0.4, -0.2) is 12.1 Å². The first-order valence-electron chi connectivity index (χ1n) is 6.81. The first-order chi connectivity index (χ1) is 8.84. The van der Waals surface area contributed by atoms with Gasteiger partial charge in [0.2, 0.25) is 0 Å². The Morgan fingerprint density at radius 3 is 2.63 bits per heavy atom. The van der Waals surface area contributed by atoms with E-state index in [-0.39, 0.29) is 22.9 Å². The highest BCUT2D eigenvalue weighted by Crippen LogP contribution is 2.66. The van der Waals surface area contributed by atoms with Crippen molar-refractivity contribution in [2.45, 2.75) is 46.1 Å². The summed E-state index contributed by atoms with van der Waals surface area (Å²) in [4.78, 5) is 12.9. The highest BCUT2D eigenvalue weighted by molar-refractivity contribution is 9.11. The molecule has 0 unspecified atom stereocenters. The highest BCUT2D eigenvalue weighted by Gasteiger charge is 2.62. The molecule has 0 aromatic carbocycles. The second-order valence-corrected chi connectivity index (χ2v) is 9.07. The van der Waals surface area contributed by atoms with Gasteiger partial charge < -0.3 is 4.74 Å². The van der Waals surface area contributed by atoms with Crippen LogP contribution >= 0.6 is 27.3 Å². The topological polar surface area (TPSA) is 26.3 Å². The minimum atomic E-state index is -0.162. The molecule has 2 aliphatic carbocycles. The van der Waals surface area contributed by atoms with Crippen LogP contribution in [0.5, 0.6) is 0 Å². The van der Waals surface area contributed by atoms with Crippen molar-refractivity contribution in [1.82, 2.24) is 0 Å². The number of hydrogen-bond acceptors (Lipinski definition) is 3. The molecule has 2 aliphatic rings. The van der Waals surface area contributed by atoms with Crippen molar-refractivity contribution >= 4 is 33.2 Å². The van der Waals surface area contributed by atoms with Crippen LogP contribution in [0, 0.1) is 16.7 Å². The van der Waals surface area contributed by atoms with Crippen LogP contribution in [0.1, 0.15) is 49.7 Å². The molecule has 3 atom stereocenters. The van der Waals surface area contributed by atoms with Crippen LogP contribution < -0.4 is 0 Å². The standard InChI is InChI=1S/C15H19BrO2S/c1-14(2)9-6-7-15(14,3)11(8-9)18-13(17)10-4-5-12(16)19-10/h4-5,9,11H,6-8H2,1-3H3/t9-,11-,15-/m1/s1. The maximum atomic E-state index is 12.2. The lowest BCUT2D eigenvalue weighted by Gasteiger charge is -2.38. The van der Waals surface area contributed by atoms with E-state index in [1.54, 1.807) is 0 Å². The van der Waals surface area contributed by atoms with Crippen LogP contribution in [0.2, 0.25) is 0 Å². The van der Waals surface area contributed by atoms with Gasteiger partial charge in [-0.2, -0.15) is 0 Å². The van der Waals surface area contributed by atoms with Crippen molar-refractivity contribution in [3.05, 3.63) is 20.8 Å². The lowest BCUT2D eigenvalue weighted by atomic mass is 9.70. The Labute approximate surface area is 126 Å². The van der Waals surface area contributed by atoms with Crippen LogP contribution in [0.15, 0.2) is 15.9 Å². The van der Waals surface area contributed by atoms with E-state index in [0.29, 0.717) is 10.8 Å². The molecule has 3 rings (SSSR count). The number of esters is 1. The SMILES string of the molecule is CC1(C)[C@@H]2CC[C@]1(C)[C@H](OC(=O)c1ccc(Br)s1)C2. The summed E-state index contributed by atoms with van der Waals surface area (Å²) in [6, 6.07) is 3.73. The van der Waals surface area contributed by atoms with Gasteiger partial charge in [-0.15, -0.1) is 11.3 Å². The number of fused-ring (bicyclic) bond motifs is 2. The molecule has 0 N–H and O–H groups in total. The van der Waals surface area contributed by atoms with Gasteiger partial charge in [0.15, 0.2) is 0 Å². The van der Waals surface area contributed by atoms with Gasteiger partial charge in [0.05, 0.1) is 3.79 Å². The van der Waals surface area contributed by atoms with Gasteiger partial charge in [-0.3, -0.25) is 0 Å². The fourth-order valence-electron chi connectivity index (χ4n) is 3.92. The molecule has 2 saturated carbocycles. The van der Waals surface area contributed by atoms with Crippen LogP contribution in [0.25, 0.3) is 0 Å². The summed E-state index contributed by atoms with van der Waals surface area (Å²) in [6.45, 7) is 6.96. The highest BCUT2D eigenvalue weighted by atomic mass is 79.9. The Bertz CT molecular complexity index is 522. The van der Waals surface area contributed by atoms with Crippen molar-refractivity contribution in [1.29, 1.82) is 0 Å². The maximum absolute atomic E-state index is 12.2. The zero-order valence-corrected chi connectivity index (χ0v) is 13.9. The van der Waals surface area contributed by atoms with Gasteiger partial charge in [-0.1, -0.05) is 20.8 Å². The number of ether oxygens (including phenoxy) is 1. The first-order valence-corrected chi connectivity index (χ1v) is 8.42. The first kappa shape index (κ1) is 13.6. The Balaban J connectivity index is 1.77. The van der Waals surface area contributed by atoms with Gasteiger partial charge in [0.25, 0.3) is 0 Å². The molecule has 0 aliphatic heterocycles. The van der Waals surface area contributed by atoms with Crippen LogP contribution in [0.3, 0.4) is 0 Å². The van der Waals surface area contributed by atoms with Crippen molar-refractivity contribution in [2.24, 2.45) is 16.7 Å². The normalized spacial score (nSPS) is 35.6. The number of rotatable bonds is 2. The molecular formula is C15H19BrO2S. The summed E-state index contributed by atoms with van der Waals surface area (Å²) in [6.07, 6.45) is 3.57. The zero-order valence-electron chi connectivity index (χ0n) is 11.5. The van der Waals surface area contributed by atoms with Crippen molar-refractivity contribution in [2.75, 3.05) is 0 Å². The summed E-state index contributed by atoms with van der Waals surface area (Å²) in [7, 11) is 0. The fraction of sp³-hybridized carbons (Fsp3) is 0.667. The van der Waals surface area contributed by atoms with E-state index in [9.17, 15) is 4.79 Å². The zero-order chi connectivity index (χ0) is 13.8. The van der Waals surface area contributed by atoms with E-state index < -0.39 is 0 Å². The maximum Gasteiger partial charge on any atom is 0.348 e. The van der Waals surface area contributed by atoms with E-state index in [4.69, 9.17) is 4.74 Å². The van der Waals surface area contributed by atoms with Crippen molar-refractivity contribution in [3.8, 4) is 0 Å². The molecule has 2 fully saturated rings. The molecule has 0 saturated heterocycles. The number of hydrogen-bond donors (Lipinski definition) is 0. The van der Waals surface area contributed by atoms with Crippen molar-refractivity contribution in [3.63, 3.8) is 0 Å². The summed E-state index contributed by atoms with van der Waals surface area (Å²) in [5.41, 5.74) is 0.426. The van der Waals surface area contributed by atoms with E-state index >= 15 is 0 Å². The molecule has 0 amide bonds. The number of halogens is 1. The quantitative estimate of drug-likeness (QED) is 0.715. The Morgan fingerprint density at radius 1 is 1.42 bits per heavy atom. The molecule has 2 nitrogen and oxygen atoms in total. The van der Waals surface area contributed by atoms with Gasteiger partial charge in [0, 0.05) is 5.41 Å². The second kappa shape index (κ2) is 4.32. The summed E-state index contributed by atoms with van der Waals surface area (Å²) in [5, 5.41) is 0. The molecular weight excluding hydrogens is 324 g/mol. The van der Waals surface area contributed by atoms with Crippen LogP contribution in [0.4, 0.5) is 0 Å². The molecule has 1 aromatic heterocycles. The van der Waals surface area contributed by atoms with E-state index in [1.165, 1.54) is 24.2 Å². The number of carbonyl (C=O) groups excluding carboxylic acids is 1. The molecule has 19 heavy (non-hydrogen) atoms. The third kappa shape index (κ3) is 1.90. The molecule has 0 radical (unpaired) electrons. The Morgan fingerprint density at radius 2 is 2.16 bits per heavy atom. The third-order valence-corrected chi connectivity index (χ3v) is 7.34. The van der Waals surface area contributed by atoms with Gasteiger partial charge in [-0.25, -0.2) is 4.79 Å². The molecule has 4 heteroatoms. The summed E-state index contributed by atoms with van der Waals surface area (Å²) in [5.74, 6) is 0.538. The smallest absolute Gasteiger partial charge is 0.348 e.